The second-order valence-electron chi connectivity index (χ2n) is 3.04. The molecule has 0 bridgehead atoms. The lowest BCUT2D eigenvalue weighted by Crippen LogP contribution is -2.25. The van der Waals surface area contributed by atoms with E-state index in [0.717, 1.165) is 0 Å². The molecule has 0 aliphatic rings. The molecule has 0 atom stereocenters. The Kier molecular flexibility index (Phi) is 5.68. The number of rotatable bonds is 5. The molecule has 0 radical (unpaired) electrons. The fraction of sp³-hybridized carbons (Fsp3) is 0.556. The molecule has 1 N–H and O–H groups in total. The highest BCUT2D eigenvalue weighted by Gasteiger charge is 2.27. The van der Waals surface area contributed by atoms with Crippen LogP contribution in [-0.2, 0) is 9.59 Å². The van der Waals surface area contributed by atoms with Gasteiger partial charge in [0.1, 0.15) is 5.57 Å². The van der Waals surface area contributed by atoms with Crippen LogP contribution in [0.15, 0.2) is 11.3 Å². The number of Topliss-reactive ketones (excluding diaryl/α,β-unsaturated/α-hetero) is 1. The molecule has 0 aromatic carbocycles. The average molecular weight is 254 g/mol. The Labute approximate surface area is 98.5 Å². The molecule has 0 heterocycles. The quantitative estimate of drug-likeness (QED) is 0.351. The highest BCUT2D eigenvalue weighted by atomic mass is 35.5. The number of halogens is 2. The Bertz CT molecular complexity index is 298. The zero-order valence-electron chi connectivity index (χ0n) is 8.75. The summed E-state index contributed by atoms with van der Waals surface area (Å²) in [6.07, 6.45) is 0.418. The molecular weight excluding hydrogens is 241 g/mol. The van der Waals surface area contributed by atoms with Crippen LogP contribution in [0.4, 0.5) is 0 Å². The predicted octanol–water partition coefficient (Wildman–Crippen LogP) is 1.67. The molecule has 0 unspecified atom stereocenters. The van der Waals surface area contributed by atoms with Crippen LogP contribution in [0.3, 0.4) is 0 Å². The lowest BCUT2D eigenvalue weighted by atomic mass is 10.1. The van der Waals surface area contributed by atoms with E-state index in [2.05, 4.69) is 0 Å². The zero-order valence-corrected chi connectivity index (χ0v) is 10.3. The highest BCUT2D eigenvalue weighted by Crippen LogP contribution is 2.18. The van der Waals surface area contributed by atoms with Crippen molar-refractivity contribution >= 4 is 35.0 Å². The Morgan fingerprint density at radius 2 is 1.80 bits per heavy atom. The van der Waals surface area contributed by atoms with E-state index < -0.39 is 16.6 Å². The van der Waals surface area contributed by atoms with Gasteiger partial charge in [-0.25, -0.2) is 4.79 Å². The molecule has 4 nitrogen and oxygen atoms in total. The summed E-state index contributed by atoms with van der Waals surface area (Å²) in [5, 5.41) is 8.92. The van der Waals surface area contributed by atoms with Gasteiger partial charge in [-0.3, -0.25) is 4.79 Å². The number of ketones is 1. The molecule has 0 aromatic heterocycles. The topological polar surface area (TPSA) is 57.6 Å². The fourth-order valence-corrected chi connectivity index (χ4v) is 1.41. The van der Waals surface area contributed by atoms with Gasteiger partial charge in [0.2, 0.25) is 5.78 Å². The first-order chi connectivity index (χ1) is 6.82. The zero-order chi connectivity index (χ0) is 12.2. The first-order valence-electron chi connectivity index (χ1n) is 4.29. The SMILES string of the molecule is CCC(=C(C(=O)O)C(=O)C(Cl)Cl)N(C)C. The van der Waals surface area contributed by atoms with Crippen LogP contribution < -0.4 is 0 Å². The second kappa shape index (κ2) is 5.98. The smallest absolute Gasteiger partial charge is 0.341 e. The van der Waals surface area contributed by atoms with Gasteiger partial charge in [-0.1, -0.05) is 30.1 Å². The van der Waals surface area contributed by atoms with Crippen molar-refractivity contribution in [3.05, 3.63) is 11.3 Å². The van der Waals surface area contributed by atoms with Gasteiger partial charge in [0.25, 0.3) is 0 Å². The minimum Gasteiger partial charge on any atom is -0.477 e. The number of carboxylic acid groups (broad SMARTS) is 1. The Morgan fingerprint density at radius 1 is 1.33 bits per heavy atom. The lowest BCUT2D eigenvalue weighted by molar-refractivity contribution is -0.134. The Hall–Kier alpha value is -0.740. The van der Waals surface area contributed by atoms with Gasteiger partial charge in [-0.05, 0) is 6.42 Å². The summed E-state index contributed by atoms with van der Waals surface area (Å²) < 4.78 is 0. The van der Waals surface area contributed by atoms with Crippen LogP contribution >= 0.6 is 23.2 Å². The maximum absolute atomic E-state index is 11.5. The monoisotopic (exact) mass is 253 g/mol. The molecule has 0 spiro atoms. The van der Waals surface area contributed by atoms with Crippen molar-refractivity contribution < 1.29 is 14.7 Å². The van der Waals surface area contributed by atoms with Crippen LogP contribution in [-0.4, -0.2) is 40.7 Å². The molecule has 0 aromatic rings. The number of allylic oxidation sites excluding steroid dienone is 1. The summed E-state index contributed by atoms with van der Waals surface area (Å²) in [5.41, 5.74) is 0.0521. The van der Waals surface area contributed by atoms with Gasteiger partial charge in [-0.2, -0.15) is 0 Å². The standard InChI is InChI=1S/C9H13Cl2NO3/c1-4-5(12(2)3)6(9(14)15)7(13)8(10)11/h8H,4H2,1-3H3,(H,14,15). The Morgan fingerprint density at radius 3 is 2.00 bits per heavy atom. The van der Waals surface area contributed by atoms with Crippen LogP contribution in [0.25, 0.3) is 0 Å². The van der Waals surface area contributed by atoms with Gasteiger partial charge in [0, 0.05) is 19.8 Å². The average Bonchev–Trinajstić information content (AvgIpc) is 2.11. The van der Waals surface area contributed by atoms with Gasteiger partial charge >= 0.3 is 5.97 Å². The molecule has 0 rings (SSSR count). The van der Waals surface area contributed by atoms with E-state index in [0.29, 0.717) is 12.1 Å². The lowest BCUT2D eigenvalue weighted by Gasteiger charge is -2.18. The maximum atomic E-state index is 11.5. The summed E-state index contributed by atoms with van der Waals surface area (Å²) in [7, 11) is 3.32. The fourth-order valence-electron chi connectivity index (χ4n) is 1.20. The third-order valence-electron chi connectivity index (χ3n) is 1.82. The van der Waals surface area contributed by atoms with E-state index in [4.69, 9.17) is 28.3 Å². The van der Waals surface area contributed by atoms with Crippen molar-refractivity contribution in [1.82, 2.24) is 4.90 Å². The largest absolute Gasteiger partial charge is 0.477 e. The van der Waals surface area contributed by atoms with E-state index in [1.54, 1.807) is 25.9 Å². The first-order valence-corrected chi connectivity index (χ1v) is 5.16. The van der Waals surface area contributed by atoms with Crippen molar-refractivity contribution in [3.63, 3.8) is 0 Å². The summed E-state index contributed by atoms with van der Waals surface area (Å²) >= 11 is 10.7. The molecule has 0 saturated carbocycles. The second-order valence-corrected chi connectivity index (χ2v) is 4.14. The van der Waals surface area contributed by atoms with Crippen LogP contribution in [0.5, 0.6) is 0 Å². The third kappa shape index (κ3) is 3.72. The molecule has 15 heavy (non-hydrogen) atoms. The minimum atomic E-state index is -1.35. The molecule has 0 fully saturated rings. The number of carboxylic acids is 1. The number of aliphatic carboxylic acids is 1. The highest BCUT2D eigenvalue weighted by molar-refractivity contribution is 6.56. The van der Waals surface area contributed by atoms with E-state index in [1.165, 1.54) is 0 Å². The molecular formula is C9H13Cl2NO3. The number of nitrogens with zero attached hydrogens (tertiary/aromatic N) is 1. The van der Waals surface area contributed by atoms with E-state index in [-0.39, 0.29) is 5.57 Å². The number of carbonyl (C=O) groups is 2. The summed E-state index contributed by atoms with van der Waals surface area (Å²) in [5.74, 6) is -2.09. The molecule has 0 aliphatic carbocycles. The first kappa shape index (κ1) is 14.3. The predicted molar refractivity (Wildman–Crippen MR) is 59.1 cm³/mol. The van der Waals surface area contributed by atoms with Crippen molar-refractivity contribution in [1.29, 1.82) is 0 Å². The summed E-state index contributed by atoms with van der Waals surface area (Å²) in [6, 6.07) is 0. The van der Waals surface area contributed by atoms with E-state index in [1.807, 2.05) is 0 Å². The summed E-state index contributed by atoms with van der Waals surface area (Å²) in [6.45, 7) is 1.75. The van der Waals surface area contributed by atoms with Crippen molar-refractivity contribution in [2.24, 2.45) is 0 Å². The summed E-state index contributed by atoms with van der Waals surface area (Å²) in [4.78, 5) is 22.6. The van der Waals surface area contributed by atoms with Gasteiger partial charge in [-0.15, -0.1) is 0 Å². The molecule has 0 saturated heterocycles. The minimum absolute atomic E-state index is 0.350. The van der Waals surface area contributed by atoms with Crippen molar-refractivity contribution in [3.8, 4) is 0 Å². The number of hydrogen-bond donors (Lipinski definition) is 1. The molecule has 0 amide bonds. The van der Waals surface area contributed by atoms with Crippen molar-refractivity contribution in [2.75, 3.05) is 14.1 Å². The van der Waals surface area contributed by atoms with E-state index in [9.17, 15) is 9.59 Å². The van der Waals surface area contributed by atoms with E-state index >= 15 is 0 Å². The molecule has 0 aliphatic heterocycles. The van der Waals surface area contributed by atoms with Gasteiger partial charge in [0.05, 0.1) is 0 Å². The van der Waals surface area contributed by atoms with Gasteiger partial charge < -0.3 is 10.0 Å². The normalized spacial score (nSPS) is 12.4. The van der Waals surface area contributed by atoms with Gasteiger partial charge in [0.15, 0.2) is 4.84 Å². The third-order valence-corrected chi connectivity index (χ3v) is 2.22. The maximum Gasteiger partial charge on any atom is 0.341 e. The van der Waals surface area contributed by atoms with Crippen LogP contribution in [0.2, 0.25) is 0 Å². The number of hydrogen-bond acceptors (Lipinski definition) is 3. The Balaban J connectivity index is 5.45. The van der Waals surface area contributed by atoms with Crippen LogP contribution in [0.1, 0.15) is 13.3 Å². The van der Waals surface area contributed by atoms with Crippen LogP contribution in [0, 0.1) is 0 Å². The van der Waals surface area contributed by atoms with Crippen molar-refractivity contribution in [2.45, 2.75) is 18.2 Å². The molecule has 6 heteroatoms. The molecule has 86 valence electrons. The number of carbonyl (C=O) groups excluding carboxylic acids is 1. The number of alkyl halides is 2.